The smallest absolute Gasteiger partial charge is 0.189 e. The van der Waals surface area contributed by atoms with Gasteiger partial charge in [-0.15, -0.1) is 0 Å². The lowest BCUT2D eigenvalue weighted by atomic mass is 9.94. The Morgan fingerprint density at radius 2 is 1.96 bits per heavy atom. The van der Waals surface area contributed by atoms with Gasteiger partial charge >= 0.3 is 0 Å². The Morgan fingerprint density at radius 3 is 2.64 bits per heavy atom. The Bertz CT molecular complexity index is 540. The Hall–Kier alpha value is -1.59. The van der Waals surface area contributed by atoms with Gasteiger partial charge in [0.15, 0.2) is 5.96 Å². The normalized spacial score (nSPS) is 17.7. The van der Waals surface area contributed by atoms with E-state index in [2.05, 4.69) is 46.5 Å². The van der Waals surface area contributed by atoms with Gasteiger partial charge in [0.05, 0.1) is 13.2 Å². The fourth-order valence-electron chi connectivity index (χ4n) is 3.55. The summed E-state index contributed by atoms with van der Waals surface area (Å²) in [6.45, 7) is 4.22. The lowest BCUT2D eigenvalue weighted by molar-refractivity contribution is 0.179. The molecule has 0 heterocycles. The highest BCUT2D eigenvalue weighted by molar-refractivity contribution is 5.78. The van der Waals surface area contributed by atoms with Crippen molar-refractivity contribution in [2.45, 2.75) is 64.2 Å². The molecule has 0 spiro atoms. The van der Waals surface area contributed by atoms with Crippen LogP contribution < -0.4 is 11.1 Å². The van der Waals surface area contributed by atoms with Crippen molar-refractivity contribution in [3.8, 4) is 0 Å². The van der Waals surface area contributed by atoms with Crippen molar-refractivity contribution in [2.24, 2.45) is 10.7 Å². The molecule has 1 aliphatic carbocycles. The van der Waals surface area contributed by atoms with Crippen LogP contribution in [0.25, 0.3) is 0 Å². The van der Waals surface area contributed by atoms with Gasteiger partial charge in [-0.05, 0) is 37.9 Å². The van der Waals surface area contributed by atoms with E-state index in [9.17, 15) is 0 Å². The maximum Gasteiger partial charge on any atom is 0.189 e. The van der Waals surface area contributed by atoms with Crippen molar-refractivity contribution < 1.29 is 4.74 Å². The highest BCUT2D eigenvalue weighted by Gasteiger charge is 2.18. The van der Waals surface area contributed by atoms with Crippen LogP contribution in [0, 0.1) is 0 Å². The van der Waals surface area contributed by atoms with E-state index >= 15 is 0 Å². The second kappa shape index (κ2) is 10.4. The predicted octanol–water partition coefficient (Wildman–Crippen LogP) is 2.89. The van der Waals surface area contributed by atoms with Crippen LogP contribution >= 0.6 is 0 Å². The van der Waals surface area contributed by atoms with Crippen molar-refractivity contribution in [3.63, 3.8) is 0 Å². The minimum Gasteiger partial charge on any atom is -0.383 e. The molecule has 0 aliphatic heterocycles. The van der Waals surface area contributed by atoms with Crippen molar-refractivity contribution in [1.29, 1.82) is 0 Å². The van der Waals surface area contributed by atoms with Crippen LogP contribution in [0.3, 0.4) is 0 Å². The van der Waals surface area contributed by atoms with Gasteiger partial charge in [0.2, 0.25) is 0 Å². The lowest BCUT2D eigenvalue weighted by Crippen LogP contribution is -2.40. The van der Waals surface area contributed by atoms with Gasteiger partial charge in [0.25, 0.3) is 0 Å². The zero-order valence-corrected chi connectivity index (χ0v) is 16.0. The first-order valence-electron chi connectivity index (χ1n) is 9.42. The van der Waals surface area contributed by atoms with Crippen LogP contribution in [0.4, 0.5) is 0 Å². The number of hydrogen-bond acceptors (Lipinski definition) is 3. The third-order valence-electron chi connectivity index (χ3n) is 4.97. The Morgan fingerprint density at radius 1 is 1.28 bits per heavy atom. The molecular formula is C20H34N4O. The summed E-state index contributed by atoms with van der Waals surface area (Å²) >= 11 is 0. The zero-order valence-electron chi connectivity index (χ0n) is 16.0. The van der Waals surface area contributed by atoms with E-state index in [-0.39, 0.29) is 6.04 Å². The van der Waals surface area contributed by atoms with Crippen molar-refractivity contribution in [2.75, 3.05) is 20.8 Å². The molecule has 1 aromatic rings. The van der Waals surface area contributed by atoms with Crippen LogP contribution in [0.1, 0.15) is 50.2 Å². The molecule has 0 saturated heterocycles. The SMILES string of the molecule is COCC(C)NC(N)=NCc1ccccc1CN(C)C1CCCCC1. The highest BCUT2D eigenvalue weighted by atomic mass is 16.5. The largest absolute Gasteiger partial charge is 0.383 e. The average molecular weight is 347 g/mol. The standard InChI is InChI=1S/C20H34N4O/c1-16(15-25-3)23-20(21)22-13-17-9-7-8-10-18(17)14-24(2)19-11-5-4-6-12-19/h7-10,16,19H,4-6,11-15H2,1-3H3,(H3,21,22,23). The Labute approximate surface area is 152 Å². The van der Waals surface area contributed by atoms with Gasteiger partial charge in [0.1, 0.15) is 0 Å². The molecule has 0 amide bonds. The molecule has 1 saturated carbocycles. The predicted molar refractivity (Wildman–Crippen MR) is 105 cm³/mol. The fourth-order valence-corrected chi connectivity index (χ4v) is 3.55. The summed E-state index contributed by atoms with van der Waals surface area (Å²) in [5.41, 5.74) is 8.58. The molecule has 0 radical (unpaired) electrons. The quantitative estimate of drug-likeness (QED) is 0.561. The van der Waals surface area contributed by atoms with E-state index in [0.29, 0.717) is 25.2 Å². The van der Waals surface area contributed by atoms with Gasteiger partial charge in [-0.1, -0.05) is 43.5 Å². The molecule has 1 aromatic carbocycles. The van der Waals surface area contributed by atoms with E-state index in [1.54, 1.807) is 7.11 Å². The van der Waals surface area contributed by atoms with Crippen molar-refractivity contribution >= 4 is 5.96 Å². The fraction of sp³-hybridized carbons (Fsp3) is 0.650. The van der Waals surface area contributed by atoms with Gasteiger partial charge < -0.3 is 15.8 Å². The first kappa shape index (κ1) is 19.7. The molecule has 140 valence electrons. The second-order valence-corrected chi connectivity index (χ2v) is 7.18. The number of hydrogen-bond donors (Lipinski definition) is 2. The topological polar surface area (TPSA) is 62.9 Å². The molecule has 2 rings (SSSR count). The minimum absolute atomic E-state index is 0.154. The molecule has 1 fully saturated rings. The van der Waals surface area contributed by atoms with E-state index in [0.717, 1.165) is 6.54 Å². The molecule has 25 heavy (non-hydrogen) atoms. The first-order valence-corrected chi connectivity index (χ1v) is 9.42. The number of ether oxygens (including phenoxy) is 1. The molecule has 1 aliphatic rings. The third-order valence-corrected chi connectivity index (χ3v) is 4.97. The van der Waals surface area contributed by atoms with E-state index in [1.165, 1.54) is 43.2 Å². The summed E-state index contributed by atoms with van der Waals surface area (Å²) in [6, 6.07) is 9.42. The van der Waals surface area contributed by atoms with Crippen LogP contribution in [-0.4, -0.2) is 43.7 Å². The average Bonchev–Trinajstić information content (AvgIpc) is 2.62. The van der Waals surface area contributed by atoms with E-state index in [1.807, 2.05) is 6.92 Å². The summed E-state index contributed by atoms with van der Waals surface area (Å²) in [5.74, 6) is 0.472. The maximum atomic E-state index is 5.99. The van der Waals surface area contributed by atoms with Crippen molar-refractivity contribution in [1.82, 2.24) is 10.2 Å². The molecule has 3 N–H and O–H groups in total. The number of nitrogens with one attached hydrogen (secondary N) is 1. The van der Waals surface area contributed by atoms with Gasteiger partial charge in [-0.25, -0.2) is 4.99 Å². The van der Waals surface area contributed by atoms with Crippen LogP contribution in [-0.2, 0) is 17.8 Å². The number of nitrogens with two attached hydrogens (primary N) is 1. The van der Waals surface area contributed by atoms with Gasteiger partial charge in [0, 0.05) is 25.7 Å². The Balaban J connectivity index is 1.95. The molecule has 1 unspecified atom stereocenters. The summed E-state index contributed by atoms with van der Waals surface area (Å²) in [6.07, 6.45) is 6.77. The monoisotopic (exact) mass is 346 g/mol. The molecule has 1 atom stereocenters. The number of guanidine groups is 1. The summed E-state index contributed by atoms with van der Waals surface area (Å²) < 4.78 is 5.11. The number of nitrogens with zero attached hydrogens (tertiary/aromatic N) is 2. The number of benzene rings is 1. The number of methoxy groups -OCH3 is 1. The summed E-state index contributed by atoms with van der Waals surface area (Å²) in [5, 5.41) is 3.16. The summed E-state index contributed by atoms with van der Waals surface area (Å²) in [7, 11) is 3.93. The third kappa shape index (κ3) is 6.67. The van der Waals surface area contributed by atoms with Crippen LogP contribution in [0.2, 0.25) is 0 Å². The highest BCUT2D eigenvalue weighted by Crippen LogP contribution is 2.23. The van der Waals surface area contributed by atoms with Crippen molar-refractivity contribution in [3.05, 3.63) is 35.4 Å². The number of aliphatic imine (C=N–C) groups is 1. The van der Waals surface area contributed by atoms with Crippen LogP contribution in [0.5, 0.6) is 0 Å². The minimum atomic E-state index is 0.154. The first-order chi connectivity index (χ1) is 12.1. The number of rotatable bonds is 8. The van der Waals surface area contributed by atoms with Gasteiger partial charge in [-0.3, -0.25) is 4.90 Å². The second-order valence-electron chi connectivity index (χ2n) is 7.18. The molecule has 0 bridgehead atoms. The van der Waals surface area contributed by atoms with Gasteiger partial charge in [-0.2, -0.15) is 0 Å². The maximum absolute atomic E-state index is 5.99. The lowest BCUT2D eigenvalue weighted by Gasteiger charge is -2.31. The molecule has 0 aromatic heterocycles. The molecule has 5 heteroatoms. The van der Waals surface area contributed by atoms with E-state index in [4.69, 9.17) is 10.5 Å². The molecule has 5 nitrogen and oxygen atoms in total. The summed E-state index contributed by atoms with van der Waals surface area (Å²) in [4.78, 5) is 7.01. The Kier molecular flexibility index (Phi) is 8.22. The van der Waals surface area contributed by atoms with Crippen LogP contribution in [0.15, 0.2) is 29.3 Å². The molecular weight excluding hydrogens is 312 g/mol. The zero-order chi connectivity index (χ0) is 18.1. The van der Waals surface area contributed by atoms with E-state index < -0.39 is 0 Å².